The van der Waals surface area contributed by atoms with Crippen molar-refractivity contribution in [3.05, 3.63) is 29.3 Å². The van der Waals surface area contributed by atoms with Crippen LogP contribution in [0.4, 0.5) is 0 Å². The van der Waals surface area contributed by atoms with Gasteiger partial charge in [-0.3, -0.25) is 4.79 Å². The first-order valence-corrected chi connectivity index (χ1v) is 7.09. The number of ketones is 1. The summed E-state index contributed by atoms with van der Waals surface area (Å²) in [5.74, 6) is 0.347. The van der Waals surface area contributed by atoms with Crippen LogP contribution in [-0.2, 0) is 16.0 Å². The summed E-state index contributed by atoms with van der Waals surface area (Å²) in [6.45, 7) is 1.38. The molecule has 3 rings (SSSR count). The Bertz CT molecular complexity index is 525. The maximum absolute atomic E-state index is 12.1. The first kappa shape index (κ1) is 11.8. The van der Waals surface area contributed by atoms with Gasteiger partial charge < -0.3 is 4.74 Å². The molecule has 1 fully saturated rings. The van der Waals surface area contributed by atoms with Crippen molar-refractivity contribution in [3.8, 4) is 0 Å². The summed E-state index contributed by atoms with van der Waals surface area (Å²) in [4.78, 5) is 16.6. The van der Waals surface area contributed by atoms with Crippen LogP contribution in [0.5, 0.6) is 0 Å². The molecule has 1 aliphatic rings. The van der Waals surface area contributed by atoms with Crippen LogP contribution in [-0.4, -0.2) is 24.0 Å². The molecule has 1 aromatic carbocycles. The molecule has 0 aliphatic carbocycles. The molecule has 0 saturated carbocycles. The number of aromatic nitrogens is 1. The van der Waals surface area contributed by atoms with E-state index in [-0.39, 0.29) is 11.7 Å². The highest BCUT2D eigenvalue weighted by Gasteiger charge is 2.22. The SMILES string of the molecule is O=C(Cc1nc2ccccc2s1)C1CCCOC1. The molecule has 1 unspecified atom stereocenters. The number of para-hydroxylation sites is 1. The predicted octanol–water partition coefficient (Wildman–Crippen LogP) is 2.83. The first-order chi connectivity index (χ1) is 8.83. The molecule has 18 heavy (non-hydrogen) atoms. The van der Waals surface area contributed by atoms with E-state index in [1.54, 1.807) is 11.3 Å². The van der Waals surface area contributed by atoms with Gasteiger partial charge in [0, 0.05) is 12.5 Å². The van der Waals surface area contributed by atoms with Gasteiger partial charge in [-0.1, -0.05) is 12.1 Å². The van der Waals surface area contributed by atoms with Gasteiger partial charge in [-0.2, -0.15) is 0 Å². The van der Waals surface area contributed by atoms with Crippen molar-refractivity contribution >= 4 is 27.3 Å². The molecule has 94 valence electrons. The molecule has 2 heterocycles. The highest BCUT2D eigenvalue weighted by atomic mass is 32.1. The van der Waals surface area contributed by atoms with E-state index in [1.807, 2.05) is 24.3 Å². The third-order valence-electron chi connectivity index (χ3n) is 3.28. The number of benzene rings is 1. The molecule has 1 aromatic heterocycles. The third-order valence-corrected chi connectivity index (χ3v) is 4.32. The molecule has 0 N–H and O–H groups in total. The van der Waals surface area contributed by atoms with E-state index in [1.165, 1.54) is 0 Å². The van der Waals surface area contributed by atoms with Crippen molar-refractivity contribution < 1.29 is 9.53 Å². The number of fused-ring (bicyclic) bond motifs is 1. The second-order valence-corrected chi connectivity index (χ2v) is 5.75. The normalized spacial score (nSPS) is 20.1. The second kappa shape index (κ2) is 5.16. The first-order valence-electron chi connectivity index (χ1n) is 6.28. The second-order valence-electron chi connectivity index (χ2n) is 4.63. The lowest BCUT2D eigenvalue weighted by Gasteiger charge is -2.20. The molecular weight excluding hydrogens is 246 g/mol. The summed E-state index contributed by atoms with van der Waals surface area (Å²) in [5, 5.41) is 0.923. The Labute approximate surface area is 110 Å². The standard InChI is InChI=1S/C14H15NO2S/c16-12(10-4-3-7-17-9-10)8-14-15-11-5-1-2-6-13(11)18-14/h1-2,5-6,10H,3-4,7-9H2. The lowest BCUT2D eigenvalue weighted by Crippen LogP contribution is -2.26. The van der Waals surface area contributed by atoms with Crippen molar-refractivity contribution in [1.82, 2.24) is 4.98 Å². The molecule has 0 radical (unpaired) electrons. The molecule has 0 bridgehead atoms. The smallest absolute Gasteiger partial charge is 0.145 e. The molecule has 0 spiro atoms. The number of ether oxygens (including phenoxy) is 1. The molecule has 2 aromatic rings. The molecule has 3 nitrogen and oxygen atoms in total. The van der Waals surface area contributed by atoms with Crippen LogP contribution in [0.3, 0.4) is 0 Å². The van der Waals surface area contributed by atoms with Gasteiger partial charge in [0.05, 0.1) is 23.2 Å². The van der Waals surface area contributed by atoms with E-state index >= 15 is 0 Å². The van der Waals surface area contributed by atoms with E-state index in [2.05, 4.69) is 4.98 Å². The van der Waals surface area contributed by atoms with Crippen LogP contribution in [0, 0.1) is 5.92 Å². The van der Waals surface area contributed by atoms with E-state index in [9.17, 15) is 4.79 Å². The summed E-state index contributed by atoms with van der Waals surface area (Å²) >= 11 is 1.62. The van der Waals surface area contributed by atoms with Crippen LogP contribution < -0.4 is 0 Å². The maximum atomic E-state index is 12.1. The number of nitrogens with zero attached hydrogens (tertiary/aromatic N) is 1. The maximum Gasteiger partial charge on any atom is 0.145 e. The zero-order chi connectivity index (χ0) is 12.4. The zero-order valence-corrected chi connectivity index (χ0v) is 10.9. The number of hydrogen-bond donors (Lipinski definition) is 0. The lowest BCUT2D eigenvalue weighted by molar-refractivity contribution is -0.126. The van der Waals surface area contributed by atoms with Gasteiger partial charge in [-0.05, 0) is 25.0 Å². The molecule has 1 atom stereocenters. The monoisotopic (exact) mass is 261 g/mol. The summed E-state index contributed by atoms with van der Waals surface area (Å²) in [6.07, 6.45) is 2.41. The van der Waals surface area contributed by atoms with Gasteiger partial charge in [0.2, 0.25) is 0 Å². The van der Waals surface area contributed by atoms with E-state index in [0.29, 0.717) is 13.0 Å². The number of Topliss-reactive ketones (excluding diaryl/α,β-unsaturated/α-hetero) is 1. The number of carbonyl (C=O) groups excluding carboxylic acids is 1. The number of rotatable bonds is 3. The topological polar surface area (TPSA) is 39.2 Å². The zero-order valence-electron chi connectivity index (χ0n) is 10.1. The summed E-state index contributed by atoms with van der Waals surface area (Å²) in [5.41, 5.74) is 0.991. The number of thiazole rings is 1. The van der Waals surface area contributed by atoms with Crippen molar-refractivity contribution in [3.63, 3.8) is 0 Å². The largest absolute Gasteiger partial charge is 0.381 e. The molecular formula is C14H15NO2S. The van der Waals surface area contributed by atoms with Crippen molar-refractivity contribution in [2.45, 2.75) is 19.3 Å². The van der Waals surface area contributed by atoms with Crippen molar-refractivity contribution in [2.24, 2.45) is 5.92 Å². The van der Waals surface area contributed by atoms with Crippen LogP contribution in [0.2, 0.25) is 0 Å². The highest BCUT2D eigenvalue weighted by molar-refractivity contribution is 7.18. The Kier molecular flexibility index (Phi) is 3.39. The lowest BCUT2D eigenvalue weighted by atomic mass is 9.96. The van der Waals surface area contributed by atoms with E-state index < -0.39 is 0 Å². The number of hydrogen-bond acceptors (Lipinski definition) is 4. The van der Waals surface area contributed by atoms with E-state index in [0.717, 1.165) is 34.7 Å². The van der Waals surface area contributed by atoms with Crippen LogP contribution in [0.15, 0.2) is 24.3 Å². The third kappa shape index (κ3) is 2.44. The Balaban J connectivity index is 1.73. The fourth-order valence-electron chi connectivity index (χ4n) is 2.28. The Hall–Kier alpha value is -1.26. The molecule has 0 amide bonds. The quantitative estimate of drug-likeness (QED) is 0.853. The summed E-state index contributed by atoms with van der Waals surface area (Å²) in [6, 6.07) is 8.01. The molecule has 1 aliphatic heterocycles. The van der Waals surface area contributed by atoms with E-state index in [4.69, 9.17) is 4.74 Å². The highest BCUT2D eigenvalue weighted by Crippen LogP contribution is 2.24. The van der Waals surface area contributed by atoms with Gasteiger partial charge in [-0.15, -0.1) is 11.3 Å². The van der Waals surface area contributed by atoms with Gasteiger partial charge in [0.25, 0.3) is 0 Å². The molecule has 4 heteroatoms. The molecule has 1 saturated heterocycles. The van der Waals surface area contributed by atoms with Crippen LogP contribution >= 0.6 is 11.3 Å². The summed E-state index contributed by atoms with van der Waals surface area (Å²) in [7, 11) is 0. The Morgan fingerprint density at radius 3 is 3.11 bits per heavy atom. The minimum atomic E-state index is 0.0748. The Morgan fingerprint density at radius 2 is 2.33 bits per heavy atom. The fourth-order valence-corrected chi connectivity index (χ4v) is 3.26. The van der Waals surface area contributed by atoms with Gasteiger partial charge in [0.15, 0.2) is 0 Å². The number of carbonyl (C=O) groups is 1. The van der Waals surface area contributed by atoms with Gasteiger partial charge in [0.1, 0.15) is 10.8 Å². The van der Waals surface area contributed by atoms with Gasteiger partial charge in [-0.25, -0.2) is 4.98 Å². The fraction of sp³-hybridized carbons (Fsp3) is 0.429. The van der Waals surface area contributed by atoms with Crippen molar-refractivity contribution in [1.29, 1.82) is 0 Å². The van der Waals surface area contributed by atoms with Crippen molar-refractivity contribution in [2.75, 3.05) is 13.2 Å². The minimum Gasteiger partial charge on any atom is -0.381 e. The average molecular weight is 261 g/mol. The van der Waals surface area contributed by atoms with Crippen LogP contribution in [0.25, 0.3) is 10.2 Å². The average Bonchev–Trinajstić information content (AvgIpc) is 2.82. The summed E-state index contributed by atoms with van der Waals surface area (Å²) < 4.78 is 6.51. The predicted molar refractivity (Wildman–Crippen MR) is 71.9 cm³/mol. The van der Waals surface area contributed by atoms with Crippen LogP contribution in [0.1, 0.15) is 17.8 Å². The Morgan fingerprint density at radius 1 is 1.44 bits per heavy atom. The minimum absolute atomic E-state index is 0.0748. The van der Waals surface area contributed by atoms with Gasteiger partial charge >= 0.3 is 0 Å².